The average Bonchev–Trinajstić information content (AvgIpc) is 3.75. The summed E-state index contributed by atoms with van der Waals surface area (Å²) in [5.74, 6) is 0.125. The lowest BCUT2D eigenvalue weighted by atomic mass is 9.49. The summed E-state index contributed by atoms with van der Waals surface area (Å²) < 4.78 is 6.50. The minimum Gasteiger partial charge on any atom is -0.489 e. The molecule has 0 radical (unpaired) electrons. The van der Waals surface area contributed by atoms with Crippen molar-refractivity contribution in [1.29, 1.82) is 5.26 Å². The fourth-order valence-corrected chi connectivity index (χ4v) is 10.5. The number of nitrogens with one attached hydrogen (secondary N) is 2. The zero-order chi connectivity index (χ0) is 41.1. The minimum absolute atomic E-state index is 0.0280. The number of hydrogen-bond acceptors (Lipinski definition) is 8. The van der Waals surface area contributed by atoms with Crippen LogP contribution in [0.4, 0.5) is 0 Å². The van der Waals surface area contributed by atoms with Gasteiger partial charge in [0.1, 0.15) is 17.9 Å². The number of nitrogens with zero attached hydrogens (tertiary/aromatic N) is 4. The molecule has 0 bridgehead atoms. The van der Waals surface area contributed by atoms with E-state index in [0.717, 1.165) is 61.3 Å². The van der Waals surface area contributed by atoms with Gasteiger partial charge in [-0.2, -0.15) is 5.26 Å². The second-order valence-electron chi connectivity index (χ2n) is 18.0. The molecule has 3 fully saturated rings. The van der Waals surface area contributed by atoms with Crippen molar-refractivity contribution in [3.8, 4) is 11.8 Å². The first-order valence-corrected chi connectivity index (χ1v) is 20.6. The van der Waals surface area contributed by atoms with Crippen LogP contribution >= 0.6 is 0 Å². The maximum atomic E-state index is 13.5. The first kappa shape index (κ1) is 39.3. The molecular formula is C46H52N6O6. The SMILES string of the molecule is CCc1cc(OC2C(C)(C)C(NC(=O)c3ccc(C(=O)N4CCC(CN5Cc6cc7c(cc6C5)C(=O)N(C5CCC(=O)NC5=O)C7)CC4)cc3)C2(C)C)ccc1C#N. The number of fused-ring (bicyclic) bond motifs is 2. The number of rotatable bonds is 9. The lowest BCUT2D eigenvalue weighted by Crippen LogP contribution is -2.74. The van der Waals surface area contributed by atoms with Crippen molar-refractivity contribution in [3.63, 3.8) is 0 Å². The van der Waals surface area contributed by atoms with Crippen LogP contribution in [0.5, 0.6) is 5.75 Å². The molecule has 4 heterocycles. The number of ether oxygens (including phenoxy) is 1. The van der Waals surface area contributed by atoms with E-state index in [9.17, 15) is 29.2 Å². The zero-order valence-corrected chi connectivity index (χ0v) is 34.0. The molecule has 1 atom stereocenters. The molecule has 0 aromatic heterocycles. The quantitative estimate of drug-likeness (QED) is 0.275. The van der Waals surface area contributed by atoms with Gasteiger partial charge in [-0.25, -0.2) is 0 Å². The Bertz CT molecular complexity index is 2220. The molecule has 302 valence electrons. The molecule has 1 saturated carbocycles. The Balaban J connectivity index is 0.808. The van der Waals surface area contributed by atoms with Gasteiger partial charge in [0.15, 0.2) is 0 Å². The standard InChI is InChI=1S/C46H52N6O6/c1-6-28-20-35(12-11-31(28)22-47)58-44-45(2,3)43(46(44,4)5)49-39(54)29-7-9-30(10-8-29)41(56)51-17-15-27(16-18-51)23-50-24-32-19-34-26-52(37-13-14-38(53)48-40(37)55)42(57)36(34)21-33(32)25-50/h7-12,19-21,27,37,43-44H,6,13-18,23-26H2,1-5H3,(H,49,54)(H,48,53,55). The largest absolute Gasteiger partial charge is 0.489 e. The molecule has 58 heavy (non-hydrogen) atoms. The third-order valence-corrected chi connectivity index (χ3v) is 13.4. The van der Waals surface area contributed by atoms with Gasteiger partial charge in [-0.05, 0) is 102 Å². The number of hydrogen-bond donors (Lipinski definition) is 2. The summed E-state index contributed by atoms with van der Waals surface area (Å²) in [4.78, 5) is 70.4. The molecule has 4 aliphatic heterocycles. The molecule has 12 heteroatoms. The van der Waals surface area contributed by atoms with Crippen molar-refractivity contribution >= 4 is 29.5 Å². The van der Waals surface area contributed by atoms with Gasteiger partial charge in [0.05, 0.1) is 11.6 Å². The second-order valence-corrected chi connectivity index (χ2v) is 18.0. The summed E-state index contributed by atoms with van der Waals surface area (Å²) in [7, 11) is 0. The van der Waals surface area contributed by atoms with Crippen molar-refractivity contribution < 1.29 is 28.7 Å². The van der Waals surface area contributed by atoms with Crippen molar-refractivity contribution in [1.82, 2.24) is 25.3 Å². The Morgan fingerprint density at radius 2 is 1.55 bits per heavy atom. The van der Waals surface area contributed by atoms with Gasteiger partial charge in [0, 0.05) is 79.3 Å². The molecular weight excluding hydrogens is 733 g/mol. The minimum atomic E-state index is -0.613. The predicted molar refractivity (Wildman–Crippen MR) is 215 cm³/mol. The van der Waals surface area contributed by atoms with Crippen molar-refractivity contribution in [2.24, 2.45) is 16.7 Å². The number of carbonyl (C=O) groups is 5. The maximum Gasteiger partial charge on any atom is 0.255 e. The van der Waals surface area contributed by atoms with Crippen molar-refractivity contribution in [2.45, 2.75) is 105 Å². The number of amides is 5. The smallest absolute Gasteiger partial charge is 0.255 e. The number of aryl methyl sites for hydroxylation is 1. The van der Waals surface area contributed by atoms with Crippen LogP contribution in [-0.4, -0.2) is 82.1 Å². The molecule has 2 saturated heterocycles. The van der Waals surface area contributed by atoms with Crippen molar-refractivity contribution in [2.75, 3.05) is 19.6 Å². The Labute approximate surface area is 339 Å². The normalized spacial score (nSPS) is 23.7. The van der Waals surface area contributed by atoms with Crippen molar-refractivity contribution in [3.05, 3.63) is 99.1 Å². The highest BCUT2D eigenvalue weighted by Gasteiger charge is 2.64. The van der Waals surface area contributed by atoms with E-state index in [2.05, 4.69) is 55.4 Å². The number of imide groups is 1. The van der Waals surface area contributed by atoms with Gasteiger partial charge in [-0.3, -0.25) is 34.2 Å². The van der Waals surface area contributed by atoms with Gasteiger partial charge in [-0.15, -0.1) is 0 Å². The van der Waals surface area contributed by atoms with E-state index in [0.29, 0.717) is 54.2 Å². The summed E-state index contributed by atoms with van der Waals surface area (Å²) in [6.45, 7) is 14.6. The highest BCUT2D eigenvalue weighted by molar-refractivity contribution is 6.05. The Hall–Kier alpha value is -5.54. The molecule has 0 spiro atoms. The Morgan fingerprint density at radius 1 is 0.879 bits per heavy atom. The van der Waals surface area contributed by atoms with Gasteiger partial charge < -0.3 is 19.9 Å². The van der Waals surface area contributed by atoms with E-state index in [1.807, 2.05) is 30.0 Å². The van der Waals surface area contributed by atoms with Crippen LogP contribution in [0.3, 0.4) is 0 Å². The maximum absolute atomic E-state index is 13.5. The van der Waals surface area contributed by atoms with Crippen LogP contribution in [0.15, 0.2) is 54.6 Å². The lowest BCUT2D eigenvalue weighted by molar-refractivity contribution is -0.164. The number of likely N-dealkylation sites (tertiary alicyclic amines) is 1. The summed E-state index contributed by atoms with van der Waals surface area (Å²) in [5, 5.41) is 15.0. The highest BCUT2D eigenvalue weighted by Crippen LogP contribution is 2.55. The molecule has 5 aliphatic rings. The Morgan fingerprint density at radius 3 is 2.21 bits per heavy atom. The van der Waals surface area contributed by atoms with E-state index < -0.39 is 11.9 Å². The molecule has 12 nitrogen and oxygen atoms in total. The molecule has 3 aromatic rings. The molecule has 1 aliphatic carbocycles. The summed E-state index contributed by atoms with van der Waals surface area (Å²) >= 11 is 0. The van der Waals surface area contributed by atoms with E-state index >= 15 is 0 Å². The fraction of sp³-hybridized carbons (Fsp3) is 0.478. The van der Waals surface area contributed by atoms with Gasteiger partial charge in [0.25, 0.3) is 17.7 Å². The monoisotopic (exact) mass is 784 g/mol. The Kier molecular flexibility index (Phi) is 10.2. The lowest BCUT2D eigenvalue weighted by Gasteiger charge is -2.63. The van der Waals surface area contributed by atoms with Crippen LogP contribution in [0.1, 0.15) is 119 Å². The van der Waals surface area contributed by atoms with E-state index in [1.165, 1.54) is 5.56 Å². The number of benzene rings is 3. The van der Waals surface area contributed by atoms with Crippen LogP contribution in [-0.2, 0) is 35.6 Å². The van der Waals surface area contributed by atoms with Gasteiger partial charge >= 0.3 is 0 Å². The summed E-state index contributed by atoms with van der Waals surface area (Å²) in [6.07, 6.45) is 2.97. The van der Waals surface area contributed by atoms with Crippen LogP contribution in [0.2, 0.25) is 0 Å². The number of carbonyl (C=O) groups excluding carboxylic acids is 5. The van der Waals surface area contributed by atoms with Crippen LogP contribution < -0.4 is 15.4 Å². The topological polar surface area (TPSA) is 152 Å². The van der Waals surface area contributed by atoms with Crippen LogP contribution in [0, 0.1) is 28.1 Å². The van der Waals surface area contributed by atoms with Gasteiger partial charge in [-0.1, -0.05) is 40.7 Å². The van der Waals surface area contributed by atoms with E-state index in [1.54, 1.807) is 35.2 Å². The second kappa shape index (κ2) is 15.0. The predicted octanol–water partition coefficient (Wildman–Crippen LogP) is 5.36. The molecule has 8 rings (SSSR count). The molecule has 5 amide bonds. The van der Waals surface area contributed by atoms with Crippen LogP contribution in [0.25, 0.3) is 0 Å². The molecule has 2 N–H and O–H groups in total. The third-order valence-electron chi connectivity index (χ3n) is 13.4. The molecule has 3 aromatic carbocycles. The number of nitriles is 1. The van der Waals surface area contributed by atoms with E-state index in [4.69, 9.17) is 4.74 Å². The third kappa shape index (κ3) is 7.04. The zero-order valence-electron chi connectivity index (χ0n) is 34.0. The fourth-order valence-electron chi connectivity index (χ4n) is 10.5. The first-order chi connectivity index (χ1) is 27.7. The summed E-state index contributed by atoms with van der Waals surface area (Å²) in [6, 6.07) is 18.1. The summed E-state index contributed by atoms with van der Waals surface area (Å²) in [5.41, 5.74) is 5.90. The average molecular weight is 785 g/mol. The first-order valence-electron chi connectivity index (χ1n) is 20.6. The van der Waals surface area contributed by atoms with Gasteiger partial charge in [0.2, 0.25) is 11.8 Å². The molecule has 1 unspecified atom stereocenters. The van der Waals surface area contributed by atoms with E-state index in [-0.39, 0.29) is 53.0 Å². The highest BCUT2D eigenvalue weighted by atomic mass is 16.5. The number of piperidine rings is 2.